The Bertz CT molecular complexity index is 314. The maximum absolute atomic E-state index is 5.28. The number of rotatable bonds is 5. The van der Waals surface area contributed by atoms with Gasteiger partial charge in [-0.2, -0.15) is 0 Å². The van der Waals surface area contributed by atoms with E-state index in [0.717, 1.165) is 5.82 Å². The van der Waals surface area contributed by atoms with Crippen LogP contribution >= 0.6 is 0 Å². The van der Waals surface area contributed by atoms with E-state index in [0.29, 0.717) is 12.4 Å². The summed E-state index contributed by atoms with van der Waals surface area (Å²) in [5.74, 6) is 6.68. The molecule has 1 rings (SSSR count). The number of nitrogens with two attached hydrogens (primary N) is 1. The molecule has 84 valence electrons. The third kappa shape index (κ3) is 3.73. The average molecular weight is 210 g/mol. The molecular weight excluding hydrogens is 192 g/mol. The van der Waals surface area contributed by atoms with Gasteiger partial charge >= 0.3 is 0 Å². The molecule has 1 heterocycles. The standard InChI is InChI=1S/C10H18N4O/c1-10(2,7-15-3)13-8-5-4-6-9(12-8)14-11/h4-6H,7,11H2,1-3H3,(H2,12,13,14). The maximum Gasteiger partial charge on any atom is 0.142 e. The molecule has 1 aromatic heterocycles. The molecule has 0 saturated carbocycles. The molecule has 4 N–H and O–H groups in total. The maximum atomic E-state index is 5.28. The van der Waals surface area contributed by atoms with Crippen LogP contribution in [-0.2, 0) is 4.74 Å². The van der Waals surface area contributed by atoms with Gasteiger partial charge in [-0.1, -0.05) is 6.07 Å². The second-order valence-corrected chi connectivity index (χ2v) is 3.99. The summed E-state index contributed by atoms with van der Waals surface area (Å²) in [4.78, 5) is 4.26. The molecule has 0 atom stereocenters. The lowest BCUT2D eigenvalue weighted by molar-refractivity contribution is 0.158. The first-order chi connectivity index (χ1) is 7.07. The lowest BCUT2D eigenvalue weighted by atomic mass is 10.1. The van der Waals surface area contributed by atoms with E-state index in [2.05, 4.69) is 15.7 Å². The van der Waals surface area contributed by atoms with Crippen molar-refractivity contribution in [2.45, 2.75) is 19.4 Å². The predicted octanol–water partition coefficient (Wildman–Crippen LogP) is 1.20. The fourth-order valence-corrected chi connectivity index (χ4v) is 1.33. The minimum atomic E-state index is -0.158. The number of nitrogens with zero attached hydrogens (tertiary/aromatic N) is 1. The summed E-state index contributed by atoms with van der Waals surface area (Å²) in [7, 11) is 1.68. The van der Waals surface area contributed by atoms with Crippen LogP contribution in [0.5, 0.6) is 0 Å². The van der Waals surface area contributed by atoms with E-state index in [4.69, 9.17) is 10.6 Å². The van der Waals surface area contributed by atoms with Gasteiger partial charge in [0.25, 0.3) is 0 Å². The van der Waals surface area contributed by atoms with E-state index >= 15 is 0 Å². The van der Waals surface area contributed by atoms with Crippen molar-refractivity contribution in [3.05, 3.63) is 18.2 Å². The van der Waals surface area contributed by atoms with Crippen molar-refractivity contribution < 1.29 is 4.74 Å². The first kappa shape index (κ1) is 11.7. The second-order valence-electron chi connectivity index (χ2n) is 3.99. The topological polar surface area (TPSA) is 72.2 Å². The fourth-order valence-electron chi connectivity index (χ4n) is 1.33. The van der Waals surface area contributed by atoms with Gasteiger partial charge in [-0.05, 0) is 26.0 Å². The first-order valence-electron chi connectivity index (χ1n) is 4.78. The summed E-state index contributed by atoms with van der Waals surface area (Å²) in [6.45, 7) is 4.69. The zero-order valence-electron chi connectivity index (χ0n) is 9.37. The molecule has 0 saturated heterocycles. The van der Waals surface area contributed by atoms with Crippen molar-refractivity contribution in [1.82, 2.24) is 4.98 Å². The summed E-state index contributed by atoms with van der Waals surface area (Å²) in [5.41, 5.74) is 2.34. The molecule has 1 aromatic rings. The molecule has 0 aliphatic carbocycles. The third-order valence-electron chi connectivity index (χ3n) is 1.87. The largest absolute Gasteiger partial charge is 0.382 e. The number of nitrogens with one attached hydrogen (secondary N) is 2. The molecule has 5 heteroatoms. The minimum absolute atomic E-state index is 0.158. The van der Waals surface area contributed by atoms with Crippen molar-refractivity contribution in [2.24, 2.45) is 5.84 Å². The first-order valence-corrected chi connectivity index (χ1v) is 4.78. The van der Waals surface area contributed by atoms with Crippen LogP contribution in [0.4, 0.5) is 11.6 Å². The van der Waals surface area contributed by atoms with Crippen molar-refractivity contribution in [1.29, 1.82) is 0 Å². The van der Waals surface area contributed by atoms with Crippen LogP contribution in [0.15, 0.2) is 18.2 Å². The van der Waals surface area contributed by atoms with Gasteiger partial charge in [-0.15, -0.1) is 0 Å². The van der Waals surface area contributed by atoms with Gasteiger partial charge in [-0.25, -0.2) is 10.8 Å². The Morgan fingerprint density at radius 3 is 2.67 bits per heavy atom. The molecule has 5 nitrogen and oxygen atoms in total. The summed E-state index contributed by atoms with van der Waals surface area (Å²) in [6, 6.07) is 5.57. The van der Waals surface area contributed by atoms with Gasteiger partial charge in [0, 0.05) is 7.11 Å². The average Bonchev–Trinajstić information content (AvgIpc) is 2.17. The van der Waals surface area contributed by atoms with Crippen LogP contribution in [0, 0.1) is 0 Å². The Balaban J connectivity index is 2.71. The lowest BCUT2D eigenvalue weighted by Crippen LogP contribution is -2.36. The molecule has 0 radical (unpaired) electrons. The van der Waals surface area contributed by atoms with Crippen molar-refractivity contribution in [3.63, 3.8) is 0 Å². The number of ether oxygens (including phenoxy) is 1. The zero-order chi connectivity index (χ0) is 11.3. The Morgan fingerprint density at radius 2 is 2.07 bits per heavy atom. The quantitative estimate of drug-likeness (QED) is 0.503. The number of hydrazine groups is 1. The normalized spacial score (nSPS) is 11.2. The highest BCUT2D eigenvalue weighted by Crippen LogP contribution is 2.14. The van der Waals surface area contributed by atoms with Crippen LogP contribution in [-0.4, -0.2) is 24.2 Å². The summed E-state index contributed by atoms with van der Waals surface area (Å²) in [5, 5.41) is 3.26. The molecule has 0 spiro atoms. The summed E-state index contributed by atoms with van der Waals surface area (Å²) in [6.07, 6.45) is 0. The smallest absolute Gasteiger partial charge is 0.142 e. The highest BCUT2D eigenvalue weighted by molar-refractivity contribution is 5.45. The van der Waals surface area contributed by atoms with Gasteiger partial charge in [0.15, 0.2) is 0 Å². The molecule has 0 aromatic carbocycles. The van der Waals surface area contributed by atoms with Gasteiger partial charge in [0.1, 0.15) is 11.6 Å². The van der Waals surface area contributed by atoms with Crippen molar-refractivity contribution >= 4 is 11.6 Å². The van der Waals surface area contributed by atoms with Crippen LogP contribution in [0.25, 0.3) is 0 Å². The summed E-state index contributed by atoms with van der Waals surface area (Å²) < 4.78 is 5.10. The second kappa shape index (κ2) is 4.95. The number of hydrogen-bond donors (Lipinski definition) is 3. The number of methoxy groups -OCH3 is 1. The number of nitrogen functional groups attached to an aromatic ring is 1. The molecule has 0 bridgehead atoms. The van der Waals surface area contributed by atoms with E-state index in [1.54, 1.807) is 13.2 Å². The van der Waals surface area contributed by atoms with Crippen LogP contribution in [0.1, 0.15) is 13.8 Å². The van der Waals surface area contributed by atoms with Crippen LogP contribution in [0.3, 0.4) is 0 Å². The molecule has 0 fully saturated rings. The summed E-state index contributed by atoms with van der Waals surface area (Å²) >= 11 is 0. The van der Waals surface area contributed by atoms with E-state index in [1.165, 1.54) is 0 Å². The number of pyridine rings is 1. The minimum Gasteiger partial charge on any atom is -0.382 e. The molecule has 15 heavy (non-hydrogen) atoms. The molecule has 0 aliphatic rings. The Labute approximate surface area is 90.0 Å². The number of hydrogen-bond acceptors (Lipinski definition) is 5. The highest BCUT2D eigenvalue weighted by Gasteiger charge is 2.17. The number of anilines is 2. The Hall–Kier alpha value is -1.33. The molecule has 0 amide bonds. The predicted molar refractivity (Wildman–Crippen MR) is 61.6 cm³/mol. The third-order valence-corrected chi connectivity index (χ3v) is 1.87. The molecule has 0 unspecified atom stereocenters. The lowest BCUT2D eigenvalue weighted by Gasteiger charge is -2.26. The SMILES string of the molecule is COCC(C)(C)Nc1cccc(NN)n1. The van der Waals surface area contributed by atoms with Crippen LogP contribution < -0.4 is 16.6 Å². The van der Waals surface area contributed by atoms with Gasteiger partial charge in [0.05, 0.1) is 12.1 Å². The van der Waals surface area contributed by atoms with Crippen molar-refractivity contribution in [2.75, 3.05) is 24.5 Å². The number of aromatic nitrogens is 1. The highest BCUT2D eigenvalue weighted by atomic mass is 16.5. The van der Waals surface area contributed by atoms with E-state index < -0.39 is 0 Å². The van der Waals surface area contributed by atoms with Gasteiger partial charge in [0.2, 0.25) is 0 Å². The van der Waals surface area contributed by atoms with Gasteiger partial charge in [-0.3, -0.25) is 0 Å². The van der Waals surface area contributed by atoms with E-state index in [9.17, 15) is 0 Å². The van der Waals surface area contributed by atoms with Crippen LogP contribution in [0.2, 0.25) is 0 Å². The molecule has 0 aliphatic heterocycles. The van der Waals surface area contributed by atoms with Gasteiger partial charge < -0.3 is 15.5 Å². The van der Waals surface area contributed by atoms with E-state index in [1.807, 2.05) is 26.0 Å². The van der Waals surface area contributed by atoms with Crippen molar-refractivity contribution in [3.8, 4) is 0 Å². The van der Waals surface area contributed by atoms with E-state index in [-0.39, 0.29) is 5.54 Å². The Morgan fingerprint density at radius 1 is 1.40 bits per heavy atom. The zero-order valence-corrected chi connectivity index (χ0v) is 9.37. The monoisotopic (exact) mass is 210 g/mol. The Kier molecular flexibility index (Phi) is 3.88. The molecular formula is C10H18N4O. The fraction of sp³-hybridized carbons (Fsp3) is 0.500.